The van der Waals surface area contributed by atoms with Crippen LogP contribution >= 0.6 is 11.3 Å². The molecule has 2 aromatic rings. The van der Waals surface area contributed by atoms with Crippen LogP contribution in [0.3, 0.4) is 0 Å². The minimum Gasteiger partial charge on any atom is -0.341 e. The summed E-state index contributed by atoms with van der Waals surface area (Å²) in [6.45, 7) is 10.2. The second-order valence-corrected chi connectivity index (χ2v) is 12.4. The van der Waals surface area contributed by atoms with Gasteiger partial charge in [0.2, 0.25) is 10.0 Å². The lowest BCUT2D eigenvalue weighted by Crippen LogP contribution is -2.39. The molecule has 0 unspecified atom stereocenters. The summed E-state index contributed by atoms with van der Waals surface area (Å²) < 4.78 is 27.4. The van der Waals surface area contributed by atoms with Crippen LogP contribution in [0.15, 0.2) is 29.2 Å². The Morgan fingerprint density at radius 1 is 1.11 bits per heavy atom. The topological polar surface area (TPSA) is 128 Å². The van der Waals surface area contributed by atoms with Crippen molar-refractivity contribution < 1.29 is 22.8 Å². The molecule has 1 aliphatic rings. The van der Waals surface area contributed by atoms with E-state index in [9.17, 15) is 22.8 Å². The Morgan fingerprint density at radius 3 is 2.37 bits per heavy atom. The highest BCUT2D eigenvalue weighted by molar-refractivity contribution is 7.89. The molecular formula is C26H37N5O5S2. The number of imide groups is 1. The van der Waals surface area contributed by atoms with E-state index < -0.39 is 27.9 Å². The highest BCUT2D eigenvalue weighted by Crippen LogP contribution is 2.38. The van der Waals surface area contributed by atoms with Gasteiger partial charge in [-0.1, -0.05) is 20.3 Å². The van der Waals surface area contributed by atoms with Crippen LogP contribution in [0, 0.1) is 0 Å². The van der Waals surface area contributed by atoms with E-state index in [0.717, 1.165) is 29.8 Å². The first-order valence-corrected chi connectivity index (χ1v) is 15.1. The number of anilines is 1. The molecule has 208 valence electrons. The SMILES string of the molecule is CCCCN(CC)S(=O)(=O)c1ccc(C(=O)Nc2sc3c(c2C(=O)NC(=O)NC)CCN(C(C)C)C3)cc1. The van der Waals surface area contributed by atoms with Crippen molar-refractivity contribution in [2.75, 3.05) is 32.0 Å². The number of amides is 4. The number of urea groups is 1. The van der Waals surface area contributed by atoms with E-state index in [-0.39, 0.29) is 10.5 Å². The number of benzene rings is 1. The Hall–Kier alpha value is -2.80. The van der Waals surface area contributed by atoms with Gasteiger partial charge in [0.05, 0.1) is 10.5 Å². The Labute approximate surface area is 228 Å². The lowest BCUT2D eigenvalue weighted by Gasteiger charge is -2.30. The summed E-state index contributed by atoms with van der Waals surface area (Å²) in [7, 11) is -2.24. The van der Waals surface area contributed by atoms with E-state index in [4.69, 9.17) is 0 Å². The van der Waals surface area contributed by atoms with Gasteiger partial charge in [0.25, 0.3) is 11.8 Å². The van der Waals surface area contributed by atoms with Crippen molar-refractivity contribution in [2.24, 2.45) is 0 Å². The first-order valence-electron chi connectivity index (χ1n) is 12.9. The number of rotatable bonds is 10. The fraction of sp³-hybridized carbons (Fsp3) is 0.500. The van der Waals surface area contributed by atoms with E-state index in [1.807, 2.05) is 6.92 Å². The molecule has 2 heterocycles. The molecule has 1 aromatic carbocycles. The van der Waals surface area contributed by atoms with Crippen LogP contribution < -0.4 is 16.0 Å². The van der Waals surface area contributed by atoms with E-state index >= 15 is 0 Å². The van der Waals surface area contributed by atoms with Gasteiger partial charge in [-0.15, -0.1) is 11.3 Å². The number of nitrogens with one attached hydrogen (secondary N) is 3. The summed E-state index contributed by atoms with van der Waals surface area (Å²) in [5, 5.41) is 7.87. The number of thiophene rings is 1. The van der Waals surface area contributed by atoms with Crippen LogP contribution in [0.5, 0.6) is 0 Å². The molecule has 0 radical (unpaired) electrons. The maximum atomic E-state index is 13.2. The third kappa shape index (κ3) is 6.60. The average Bonchev–Trinajstić information content (AvgIpc) is 3.25. The molecule has 38 heavy (non-hydrogen) atoms. The summed E-state index contributed by atoms with van der Waals surface area (Å²) >= 11 is 1.32. The second-order valence-electron chi connectivity index (χ2n) is 9.38. The molecule has 1 aliphatic heterocycles. The number of sulfonamides is 1. The highest BCUT2D eigenvalue weighted by atomic mass is 32.2. The fourth-order valence-corrected chi connectivity index (χ4v) is 7.06. The van der Waals surface area contributed by atoms with Gasteiger partial charge in [0.1, 0.15) is 5.00 Å². The van der Waals surface area contributed by atoms with Gasteiger partial charge < -0.3 is 10.6 Å². The predicted octanol–water partition coefficient (Wildman–Crippen LogP) is 3.65. The maximum Gasteiger partial charge on any atom is 0.321 e. The van der Waals surface area contributed by atoms with Crippen LogP contribution in [0.2, 0.25) is 0 Å². The average molecular weight is 564 g/mol. The molecule has 0 saturated carbocycles. The first-order chi connectivity index (χ1) is 18.0. The lowest BCUT2D eigenvalue weighted by atomic mass is 10.0. The van der Waals surface area contributed by atoms with Crippen molar-refractivity contribution >= 4 is 44.2 Å². The molecule has 12 heteroatoms. The number of unbranched alkanes of at least 4 members (excludes halogenated alkanes) is 1. The number of carbonyl (C=O) groups is 3. The number of hydrogen-bond acceptors (Lipinski definition) is 7. The third-order valence-electron chi connectivity index (χ3n) is 6.59. The third-order valence-corrected chi connectivity index (χ3v) is 9.71. The zero-order chi connectivity index (χ0) is 28.0. The molecule has 3 N–H and O–H groups in total. The Bertz CT molecular complexity index is 1270. The van der Waals surface area contributed by atoms with Gasteiger partial charge in [-0.3, -0.25) is 19.8 Å². The molecule has 0 fully saturated rings. The molecule has 0 bridgehead atoms. The normalized spacial score (nSPS) is 13.9. The van der Waals surface area contributed by atoms with Crippen molar-refractivity contribution in [2.45, 2.75) is 64.4 Å². The van der Waals surface area contributed by atoms with E-state index in [1.165, 1.54) is 47.0 Å². The Balaban J connectivity index is 1.87. The predicted molar refractivity (Wildman–Crippen MR) is 149 cm³/mol. The number of fused-ring (bicyclic) bond motifs is 1. The molecule has 0 saturated heterocycles. The number of hydrogen-bond donors (Lipinski definition) is 3. The standard InChI is InChI=1S/C26H37N5O5S2/c1-6-8-14-31(7-2)38(35,36)19-11-9-18(10-12-19)23(32)28-25-22(24(33)29-26(34)27-5)20-13-15-30(17(3)4)16-21(20)37-25/h9-12,17H,6-8,13-16H2,1-5H3,(H,28,32)(H2,27,29,33,34). The summed E-state index contributed by atoms with van der Waals surface area (Å²) in [6, 6.07) is 5.48. The molecule has 0 spiro atoms. The quantitative estimate of drug-likeness (QED) is 0.405. The summed E-state index contributed by atoms with van der Waals surface area (Å²) in [5.41, 5.74) is 1.38. The van der Waals surface area contributed by atoms with Crippen molar-refractivity contribution in [3.63, 3.8) is 0 Å². The number of nitrogens with zero attached hydrogens (tertiary/aromatic N) is 2. The minimum absolute atomic E-state index is 0.123. The monoisotopic (exact) mass is 563 g/mol. The van der Waals surface area contributed by atoms with Crippen LogP contribution in [0.1, 0.15) is 71.7 Å². The zero-order valence-corrected chi connectivity index (χ0v) is 24.2. The van der Waals surface area contributed by atoms with Crippen LogP contribution in [0.25, 0.3) is 0 Å². The molecule has 3 rings (SSSR count). The lowest BCUT2D eigenvalue weighted by molar-refractivity contribution is 0.0963. The van der Waals surface area contributed by atoms with Gasteiger partial charge >= 0.3 is 6.03 Å². The molecule has 10 nitrogen and oxygen atoms in total. The van der Waals surface area contributed by atoms with E-state index in [0.29, 0.717) is 42.7 Å². The van der Waals surface area contributed by atoms with Crippen molar-refractivity contribution in [1.29, 1.82) is 0 Å². The molecular weight excluding hydrogens is 526 g/mol. The van der Waals surface area contributed by atoms with E-state index in [1.54, 1.807) is 6.92 Å². The second kappa shape index (κ2) is 12.8. The molecule has 1 aromatic heterocycles. The van der Waals surface area contributed by atoms with Crippen molar-refractivity contribution in [3.05, 3.63) is 45.8 Å². The number of carbonyl (C=O) groups excluding carboxylic acids is 3. The van der Waals surface area contributed by atoms with Gasteiger partial charge in [0, 0.05) is 49.7 Å². The minimum atomic E-state index is -3.66. The van der Waals surface area contributed by atoms with Gasteiger partial charge in [0.15, 0.2) is 0 Å². The highest BCUT2D eigenvalue weighted by Gasteiger charge is 2.30. The maximum absolute atomic E-state index is 13.2. The summed E-state index contributed by atoms with van der Waals surface area (Å²) in [5.74, 6) is -1.05. The van der Waals surface area contributed by atoms with Crippen LogP contribution in [-0.4, -0.2) is 68.2 Å². The first kappa shape index (κ1) is 29.8. The Morgan fingerprint density at radius 2 is 1.79 bits per heavy atom. The largest absolute Gasteiger partial charge is 0.341 e. The Kier molecular flexibility index (Phi) is 10.0. The summed E-state index contributed by atoms with van der Waals surface area (Å²) in [4.78, 5) is 41.4. The van der Waals surface area contributed by atoms with Crippen molar-refractivity contribution in [1.82, 2.24) is 19.8 Å². The van der Waals surface area contributed by atoms with Crippen LogP contribution in [-0.2, 0) is 23.0 Å². The molecule has 0 atom stereocenters. The van der Waals surface area contributed by atoms with Crippen LogP contribution in [0.4, 0.5) is 9.80 Å². The smallest absolute Gasteiger partial charge is 0.321 e. The van der Waals surface area contributed by atoms with E-state index in [2.05, 4.69) is 34.7 Å². The summed E-state index contributed by atoms with van der Waals surface area (Å²) in [6.07, 6.45) is 2.27. The van der Waals surface area contributed by atoms with Gasteiger partial charge in [-0.2, -0.15) is 4.31 Å². The zero-order valence-electron chi connectivity index (χ0n) is 22.6. The fourth-order valence-electron chi connectivity index (χ4n) is 4.31. The van der Waals surface area contributed by atoms with Gasteiger partial charge in [-0.25, -0.2) is 13.2 Å². The van der Waals surface area contributed by atoms with Gasteiger partial charge in [-0.05, 0) is 56.5 Å². The molecule has 0 aliphatic carbocycles. The van der Waals surface area contributed by atoms with Crippen molar-refractivity contribution in [3.8, 4) is 0 Å². The molecule has 4 amide bonds.